The van der Waals surface area contributed by atoms with Gasteiger partial charge in [0.05, 0.1) is 40.5 Å². The maximum absolute atomic E-state index is 15.4. The summed E-state index contributed by atoms with van der Waals surface area (Å²) in [5.74, 6) is -2.12. The lowest BCUT2D eigenvalue weighted by atomic mass is 9.94. The summed E-state index contributed by atoms with van der Waals surface area (Å²) in [6.45, 7) is 0.993. The Bertz CT molecular complexity index is 2560. The van der Waals surface area contributed by atoms with Gasteiger partial charge in [-0.15, -0.1) is 0 Å². The van der Waals surface area contributed by atoms with Crippen LogP contribution in [-0.4, -0.2) is 58.7 Å². The van der Waals surface area contributed by atoms with Crippen molar-refractivity contribution in [1.29, 1.82) is 0 Å². The largest absolute Gasteiger partial charge is 0.615 e. The number of anilines is 1. The molecule has 8 nitrogen and oxygen atoms in total. The normalized spacial score (nSPS) is 18.3. The lowest BCUT2D eigenvalue weighted by Gasteiger charge is -2.20. The van der Waals surface area contributed by atoms with Gasteiger partial charge in [0, 0.05) is 47.6 Å². The van der Waals surface area contributed by atoms with Gasteiger partial charge in [-0.3, -0.25) is 14.4 Å². The van der Waals surface area contributed by atoms with E-state index < -0.39 is 93.8 Å². The average molecular weight is 904 g/mol. The molecule has 0 saturated heterocycles. The SMILES string of the molecule is CSNc1nn(CC(F)(F)F)c2c(-c3ccc(C#CC(C)(C)[S+](C)[O-])nc3C(Cc3cc(F)cc(F)c3)/N=C/Cn3nc(C(F)(F)F)c4c3C(F)(F)C3CC43)ccc(Cl)c12. The van der Waals surface area contributed by atoms with Crippen molar-refractivity contribution in [2.45, 2.75) is 74.8 Å². The summed E-state index contributed by atoms with van der Waals surface area (Å²) in [4.78, 5) is 9.26. The van der Waals surface area contributed by atoms with Gasteiger partial charge in [-0.1, -0.05) is 29.6 Å². The van der Waals surface area contributed by atoms with Gasteiger partial charge in [-0.25, -0.2) is 13.8 Å². The summed E-state index contributed by atoms with van der Waals surface area (Å²) in [6.07, 6.45) is -6.19. The first-order valence-electron chi connectivity index (χ1n) is 18.0. The van der Waals surface area contributed by atoms with Crippen molar-refractivity contribution in [1.82, 2.24) is 24.5 Å². The first-order valence-corrected chi connectivity index (χ1v) is 21.1. The van der Waals surface area contributed by atoms with Crippen LogP contribution in [0.3, 0.4) is 0 Å². The predicted octanol–water partition coefficient (Wildman–Crippen LogP) is 10.3. The fourth-order valence-corrected chi connectivity index (χ4v) is 8.07. The maximum atomic E-state index is 15.4. The monoisotopic (exact) mass is 903 g/mol. The number of nitrogens with zero attached hydrogens (tertiary/aromatic N) is 6. The Kier molecular flexibility index (Phi) is 11.5. The molecular formula is C39H32ClF10N7OS2. The van der Waals surface area contributed by atoms with E-state index in [4.69, 9.17) is 16.6 Å². The lowest BCUT2D eigenvalue weighted by molar-refractivity contribution is -0.142. The zero-order valence-electron chi connectivity index (χ0n) is 31.7. The van der Waals surface area contributed by atoms with Crippen LogP contribution in [0.15, 0.2) is 47.5 Å². The first kappa shape index (κ1) is 43.6. The van der Waals surface area contributed by atoms with Crippen molar-refractivity contribution in [3.63, 3.8) is 0 Å². The molecule has 0 bridgehead atoms. The molecule has 1 fully saturated rings. The van der Waals surface area contributed by atoms with Gasteiger partial charge in [0.2, 0.25) is 0 Å². The number of halogens is 11. The molecule has 21 heteroatoms. The van der Waals surface area contributed by atoms with Crippen LogP contribution in [0.5, 0.6) is 0 Å². The van der Waals surface area contributed by atoms with E-state index in [1.54, 1.807) is 20.1 Å². The van der Waals surface area contributed by atoms with Crippen LogP contribution in [0.4, 0.5) is 49.7 Å². The average Bonchev–Trinajstić information content (AvgIpc) is 3.65. The van der Waals surface area contributed by atoms with Crippen molar-refractivity contribution in [3.8, 4) is 23.0 Å². The molecule has 1 N–H and O–H groups in total. The Morgan fingerprint density at radius 3 is 2.37 bits per heavy atom. The van der Waals surface area contributed by atoms with Crippen LogP contribution in [-0.2, 0) is 42.8 Å². The standard InChI is InChI=1S/C39H32ClF10N7OS2/c1-36(2,60(4)58)10-9-22-5-6-23(24-7-8-27(40)30-32(24)57(18-37(43,44)45)54-35(30)55-59-3)31(52-22)28(15-19-13-20(41)16-21(42)14-19)51-11-12-56-34-29(33(53-56)39(48,49)50)25-17-26(25)38(34,46)47/h5-8,11,13-14,16,25-26,28H,12,15,17-18H2,1-4H3,(H,54,55)/b51-11+. The molecule has 2 aliphatic carbocycles. The third-order valence-electron chi connectivity index (χ3n) is 10.2. The van der Waals surface area contributed by atoms with Gasteiger partial charge in [0.15, 0.2) is 16.3 Å². The highest BCUT2D eigenvalue weighted by atomic mass is 35.5. The second-order valence-electron chi connectivity index (χ2n) is 14.8. The zero-order valence-corrected chi connectivity index (χ0v) is 34.1. The van der Waals surface area contributed by atoms with Crippen molar-refractivity contribution in [2.24, 2.45) is 10.9 Å². The minimum absolute atomic E-state index is 0.00428. The van der Waals surface area contributed by atoms with Crippen LogP contribution < -0.4 is 4.72 Å². The first-order chi connectivity index (χ1) is 28.0. The van der Waals surface area contributed by atoms with E-state index in [1.807, 2.05) is 0 Å². The highest BCUT2D eigenvalue weighted by Gasteiger charge is 2.68. The maximum Gasteiger partial charge on any atom is 0.435 e. The van der Waals surface area contributed by atoms with E-state index in [2.05, 4.69) is 31.8 Å². The molecule has 60 heavy (non-hydrogen) atoms. The van der Waals surface area contributed by atoms with E-state index in [9.17, 15) is 39.7 Å². The fourth-order valence-electron chi connectivity index (χ4n) is 7.30. The van der Waals surface area contributed by atoms with E-state index in [1.165, 1.54) is 30.5 Å². The van der Waals surface area contributed by atoms with Crippen molar-refractivity contribution in [2.75, 3.05) is 17.2 Å². The quantitative estimate of drug-likeness (QED) is 0.0466. The topological polar surface area (TPSA) is 96.0 Å². The molecule has 3 heterocycles. The molecule has 7 rings (SSSR count). The molecule has 5 aromatic rings. The van der Waals surface area contributed by atoms with Gasteiger partial charge in [-0.05, 0) is 85.1 Å². The summed E-state index contributed by atoms with van der Waals surface area (Å²) < 4.78 is 160. The second-order valence-corrected chi connectivity index (χ2v) is 17.7. The van der Waals surface area contributed by atoms with Gasteiger partial charge in [-0.2, -0.15) is 45.3 Å². The Hall–Kier alpha value is -4.45. The third-order valence-corrected chi connectivity index (χ3v) is 12.5. The van der Waals surface area contributed by atoms with Crippen LogP contribution in [0.1, 0.15) is 66.1 Å². The van der Waals surface area contributed by atoms with E-state index >= 15 is 8.78 Å². The van der Waals surface area contributed by atoms with E-state index in [0.717, 1.165) is 30.3 Å². The number of rotatable bonds is 11. The summed E-state index contributed by atoms with van der Waals surface area (Å²) in [5, 5.41) is 7.83. The van der Waals surface area contributed by atoms with Gasteiger partial charge < -0.3 is 9.27 Å². The van der Waals surface area contributed by atoms with Crippen LogP contribution in [0.2, 0.25) is 5.02 Å². The molecule has 4 unspecified atom stereocenters. The van der Waals surface area contributed by atoms with E-state index in [-0.39, 0.29) is 62.7 Å². The molecule has 2 aromatic carbocycles. The number of pyridine rings is 1. The van der Waals surface area contributed by atoms with Crippen molar-refractivity contribution in [3.05, 3.63) is 93.0 Å². The zero-order chi connectivity index (χ0) is 43.7. The third kappa shape index (κ3) is 8.55. The molecule has 1 saturated carbocycles. The molecule has 0 radical (unpaired) electrons. The van der Waals surface area contributed by atoms with Gasteiger partial charge in [0.25, 0.3) is 5.92 Å². The Labute approximate surface area is 348 Å². The van der Waals surface area contributed by atoms with Crippen molar-refractivity contribution >= 4 is 57.7 Å². The number of benzene rings is 2. The number of nitrogens with one attached hydrogen (secondary N) is 1. The van der Waals surface area contributed by atoms with Gasteiger partial charge in [0.1, 0.15) is 29.6 Å². The molecule has 0 amide bonds. The molecule has 3 aromatic heterocycles. The fraction of sp³-hybridized carbons (Fsp3) is 0.385. The Balaban J connectivity index is 1.44. The number of fused-ring (bicyclic) bond motifs is 4. The molecule has 4 atom stereocenters. The molecule has 0 spiro atoms. The van der Waals surface area contributed by atoms with Crippen LogP contribution in [0, 0.1) is 29.4 Å². The number of hydrogen-bond acceptors (Lipinski definition) is 7. The van der Waals surface area contributed by atoms with Crippen LogP contribution in [0.25, 0.3) is 22.0 Å². The van der Waals surface area contributed by atoms with E-state index in [0.29, 0.717) is 15.4 Å². The van der Waals surface area contributed by atoms with Crippen molar-refractivity contribution < 1.29 is 48.5 Å². The number of hydrogen-bond donors (Lipinski definition) is 1. The summed E-state index contributed by atoms with van der Waals surface area (Å²) in [5.41, 5.74) is -2.73. The molecule has 318 valence electrons. The van der Waals surface area contributed by atoms with Gasteiger partial charge >= 0.3 is 12.4 Å². The Morgan fingerprint density at radius 1 is 1.05 bits per heavy atom. The molecule has 2 aliphatic rings. The second kappa shape index (κ2) is 15.8. The summed E-state index contributed by atoms with van der Waals surface area (Å²) in [6, 6.07) is 7.01. The molecule has 0 aliphatic heterocycles. The highest BCUT2D eigenvalue weighted by molar-refractivity contribution is 7.99. The summed E-state index contributed by atoms with van der Waals surface area (Å²) >= 11 is 6.18. The minimum Gasteiger partial charge on any atom is -0.615 e. The molecular weight excluding hydrogens is 872 g/mol. The highest BCUT2D eigenvalue weighted by Crippen LogP contribution is 2.68. The number of aromatic nitrogens is 5. The predicted molar refractivity (Wildman–Crippen MR) is 209 cm³/mol. The van der Waals surface area contributed by atoms with Crippen LogP contribution >= 0.6 is 23.5 Å². The minimum atomic E-state index is -5.03. The smallest absolute Gasteiger partial charge is 0.435 e. The number of aliphatic imine (C=N–C) groups is 1. The summed E-state index contributed by atoms with van der Waals surface area (Å²) in [7, 11) is 0. The number of alkyl halides is 8. The lowest BCUT2D eigenvalue weighted by Crippen LogP contribution is -2.28. The Morgan fingerprint density at radius 2 is 1.73 bits per heavy atom.